The SMILES string of the molecule is CCC(CCN)CCC(=O)NCC(O)C(F)(F)F. The summed E-state index contributed by atoms with van der Waals surface area (Å²) in [5.74, 6) is -0.165. The molecule has 0 aromatic carbocycles. The normalized spacial score (nSPS) is 15.2. The van der Waals surface area contributed by atoms with Gasteiger partial charge in [0.25, 0.3) is 0 Å². The van der Waals surface area contributed by atoms with E-state index < -0.39 is 24.7 Å². The third kappa shape index (κ3) is 7.50. The number of carbonyl (C=O) groups is 1. The fourth-order valence-electron chi connectivity index (χ4n) is 1.54. The third-order valence-electron chi connectivity index (χ3n) is 2.80. The number of alkyl halides is 3. The molecule has 0 saturated carbocycles. The van der Waals surface area contributed by atoms with Gasteiger partial charge in [0.1, 0.15) is 0 Å². The van der Waals surface area contributed by atoms with E-state index in [-0.39, 0.29) is 6.42 Å². The van der Waals surface area contributed by atoms with Crippen LogP contribution in [0, 0.1) is 5.92 Å². The molecule has 1 amide bonds. The monoisotopic (exact) mass is 270 g/mol. The van der Waals surface area contributed by atoms with Gasteiger partial charge in [-0.05, 0) is 25.3 Å². The Balaban J connectivity index is 3.84. The summed E-state index contributed by atoms with van der Waals surface area (Å²) < 4.78 is 35.9. The molecule has 0 aromatic heterocycles. The zero-order valence-electron chi connectivity index (χ0n) is 10.5. The first-order valence-electron chi connectivity index (χ1n) is 6.02. The molecule has 0 aliphatic rings. The Labute approximate surface area is 105 Å². The average molecular weight is 270 g/mol. The summed E-state index contributed by atoms with van der Waals surface area (Å²) in [6.45, 7) is 1.72. The maximum absolute atomic E-state index is 12.0. The van der Waals surface area contributed by atoms with Gasteiger partial charge in [-0.25, -0.2) is 0 Å². The Morgan fingerprint density at radius 2 is 2.00 bits per heavy atom. The topological polar surface area (TPSA) is 75.4 Å². The van der Waals surface area contributed by atoms with E-state index in [4.69, 9.17) is 10.8 Å². The molecule has 0 radical (unpaired) electrons. The highest BCUT2D eigenvalue weighted by atomic mass is 19.4. The van der Waals surface area contributed by atoms with Crippen LogP contribution in [-0.2, 0) is 4.79 Å². The summed E-state index contributed by atoms with van der Waals surface area (Å²) in [6.07, 6.45) is -4.76. The minimum atomic E-state index is -4.70. The van der Waals surface area contributed by atoms with Crippen molar-refractivity contribution in [1.29, 1.82) is 0 Å². The molecule has 0 saturated heterocycles. The Bertz CT molecular complexity index is 247. The first kappa shape index (κ1) is 17.2. The lowest BCUT2D eigenvalue weighted by molar-refractivity contribution is -0.201. The van der Waals surface area contributed by atoms with E-state index in [1.807, 2.05) is 6.92 Å². The van der Waals surface area contributed by atoms with Gasteiger partial charge in [-0.2, -0.15) is 13.2 Å². The van der Waals surface area contributed by atoms with Gasteiger partial charge >= 0.3 is 6.18 Å². The van der Waals surface area contributed by atoms with Crippen LogP contribution in [0.1, 0.15) is 32.6 Å². The van der Waals surface area contributed by atoms with Gasteiger partial charge < -0.3 is 16.2 Å². The van der Waals surface area contributed by atoms with Crippen molar-refractivity contribution >= 4 is 5.91 Å². The first-order valence-corrected chi connectivity index (χ1v) is 6.02. The maximum Gasteiger partial charge on any atom is 0.416 e. The predicted octanol–water partition coefficient (Wildman–Crippen LogP) is 1.18. The summed E-state index contributed by atoms with van der Waals surface area (Å²) in [4.78, 5) is 11.3. The molecule has 0 fully saturated rings. The van der Waals surface area contributed by atoms with Crippen molar-refractivity contribution in [2.45, 2.75) is 44.9 Å². The Kier molecular flexibility index (Phi) is 7.93. The summed E-state index contributed by atoms with van der Waals surface area (Å²) in [6, 6.07) is 0. The van der Waals surface area contributed by atoms with E-state index in [1.54, 1.807) is 0 Å². The van der Waals surface area contributed by atoms with Crippen molar-refractivity contribution < 1.29 is 23.1 Å². The molecule has 108 valence electrons. The van der Waals surface area contributed by atoms with Crippen molar-refractivity contribution in [3.8, 4) is 0 Å². The van der Waals surface area contributed by atoms with E-state index in [0.717, 1.165) is 12.8 Å². The zero-order chi connectivity index (χ0) is 14.2. The number of halogens is 3. The van der Waals surface area contributed by atoms with E-state index >= 15 is 0 Å². The molecule has 0 aliphatic heterocycles. The van der Waals surface area contributed by atoms with E-state index in [1.165, 1.54) is 0 Å². The lowest BCUT2D eigenvalue weighted by atomic mass is 9.96. The minimum absolute atomic E-state index is 0.156. The number of nitrogens with two attached hydrogens (primary N) is 1. The molecule has 7 heteroatoms. The molecule has 0 aromatic rings. The van der Waals surface area contributed by atoms with E-state index in [0.29, 0.717) is 18.9 Å². The largest absolute Gasteiger partial charge is 0.416 e. The molecule has 4 nitrogen and oxygen atoms in total. The average Bonchev–Trinajstić information content (AvgIpc) is 2.30. The van der Waals surface area contributed by atoms with Crippen LogP contribution in [-0.4, -0.2) is 36.4 Å². The highest BCUT2D eigenvalue weighted by molar-refractivity contribution is 5.75. The summed E-state index contributed by atoms with van der Waals surface area (Å²) >= 11 is 0. The molecule has 4 N–H and O–H groups in total. The lowest BCUT2D eigenvalue weighted by Crippen LogP contribution is -2.40. The molecule has 0 heterocycles. The van der Waals surface area contributed by atoms with Crippen molar-refractivity contribution in [3.63, 3.8) is 0 Å². The van der Waals surface area contributed by atoms with Crippen molar-refractivity contribution in [2.24, 2.45) is 11.7 Å². The van der Waals surface area contributed by atoms with Crippen molar-refractivity contribution in [3.05, 3.63) is 0 Å². The van der Waals surface area contributed by atoms with Gasteiger partial charge in [-0.15, -0.1) is 0 Å². The number of carbonyl (C=O) groups excluding carboxylic acids is 1. The van der Waals surface area contributed by atoms with Crippen LogP contribution in [0.2, 0.25) is 0 Å². The van der Waals surface area contributed by atoms with E-state index in [2.05, 4.69) is 5.32 Å². The molecular weight excluding hydrogens is 249 g/mol. The fraction of sp³-hybridized carbons (Fsp3) is 0.909. The maximum atomic E-state index is 12.0. The minimum Gasteiger partial charge on any atom is -0.382 e. The second-order valence-electron chi connectivity index (χ2n) is 4.25. The van der Waals surface area contributed by atoms with Gasteiger partial charge in [0.05, 0.1) is 6.54 Å². The Hall–Kier alpha value is -0.820. The zero-order valence-corrected chi connectivity index (χ0v) is 10.5. The molecule has 18 heavy (non-hydrogen) atoms. The molecule has 0 spiro atoms. The number of hydrogen-bond donors (Lipinski definition) is 3. The predicted molar refractivity (Wildman–Crippen MR) is 61.8 cm³/mol. The Morgan fingerprint density at radius 3 is 2.44 bits per heavy atom. The first-order chi connectivity index (χ1) is 8.31. The summed E-state index contributed by atoms with van der Waals surface area (Å²) in [5, 5.41) is 10.8. The molecule has 2 atom stereocenters. The smallest absolute Gasteiger partial charge is 0.382 e. The van der Waals surface area contributed by atoms with Crippen LogP contribution in [0.25, 0.3) is 0 Å². The van der Waals surface area contributed by atoms with Crippen molar-refractivity contribution in [1.82, 2.24) is 5.32 Å². The lowest BCUT2D eigenvalue weighted by Gasteiger charge is -2.16. The van der Waals surface area contributed by atoms with Crippen LogP contribution in [0.15, 0.2) is 0 Å². The number of amides is 1. The van der Waals surface area contributed by atoms with Gasteiger partial charge in [0.2, 0.25) is 5.91 Å². The second kappa shape index (κ2) is 8.31. The molecule has 0 aliphatic carbocycles. The molecule has 0 bridgehead atoms. The highest BCUT2D eigenvalue weighted by Gasteiger charge is 2.38. The van der Waals surface area contributed by atoms with Gasteiger partial charge in [0.15, 0.2) is 6.10 Å². The van der Waals surface area contributed by atoms with E-state index in [9.17, 15) is 18.0 Å². The number of nitrogens with one attached hydrogen (secondary N) is 1. The number of rotatable bonds is 8. The molecule has 2 unspecified atom stereocenters. The standard InChI is InChI=1S/C11H21F3N2O2/c1-2-8(5-6-15)3-4-10(18)16-7-9(17)11(12,13)14/h8-9,17H,2-7,15H2,1H3,(H,16,18). The number of aliphatic hydroxyl groups excluding tert-OH is 1. The van der Waals surface area contributed by atoms with Crippen LogP contribution in [0.4, 0.5) is 13.2 Å². The van der Waals surface area contributed by atoms with Gasteiger partial charge in [-0.1, -0.05) is 13.3 Å². The highest BCUT2D eigenvalue weighted by Crippen LogP contribution is 2.19. The van der Waals surface area contributed by atoms with Crippen molar-refractivity contribution in [2.75, 3.05) is 13.1 Å². The number of aliphatic hydroxyl groups is 1. The molecule has 0 rings (SSSR count). The van der Waals surface area contributed by atoms with Crippen LogP contribution in [0.3, 0.4) is 0 Å². The van der Waals surface area contributed by atoms with Crippen LogP contribution >= 0.6 is 0 Å². The third-order valence-corrected chi connectivity index (χ3v) is 2.80. The second-order valence-corrected chi connectivity index (χ2v) is 4.25. The summed E-state index contributed by atoms with van der Waals surface area (Å²) in [5.41, 5.74) is 5.40. The van der Waals surface area contributed by atoms with Crippen LogP contribution < -0.4 is 11.1 Å². The quantitative estimate of drug-likeness (QED) is 0.620. The summed E-state index contributed by atoms with van der Waals surface area (Å²) in [7, 11) is 0. The van der Waals surface area contributed by atoms with Crippen LogP contribution in [0.5, 0.6) is 0 Å². The van der Waals surface area contributed by atoms with Gasteiger partial charge in [0, 0.05) is 6.42 Å². The molecular formula is C11H21F3N2O2. The Morgan fingerprint density at radius 1 is 1.39 bits per heavy atom. The van der Waals surface area contributed by atoms with Gasteiger partial charge in [-0.3, -0.25) is 4.79 Å². The fourth-order valence-corrected chi connectivity index (χ4v) is 1.54. The number of hydrogen-bond acceptors (Lipinski definition) is 3.